The number of rotatable bonds is 2. The van der Waals surface area contributed by atoms with E-state index in [1.165, 1.54) is 40.8 Å². The van der Waals surface area contributed by atoms with Gasteiger partial charge < -0.3 is 0 Å². The highest BCUT2D eigenvalue weighted by atomic mass is 15.3. The summed E-state index contributed by atoms with van der Waals surface area (Å²) in [5.41, 5.74) is 4.32. The monoisotopic (exact) mass is 315 g/mol. The van der Waals surface area contributed by atoms with E-state index in [1.54, 1.807) is 0 Å². The second-order valence-corrected chi connectivity index (χ2v) is 6.24. The molecule has 0 atom stereocenters. The molecule has 0 aliphatic carbocycles. The van der Waals surface area contributed by atoms with Crippen LogP contribution < -0.4 is 5.43 Å². The Morgan fingerprint density at radius 2 is 1.58 bits per heavy atom. The number of amidine groups is 1. The average Bonchev–Trinajstić information content (AvgIpc) is 2.90. The number of aliphatic imine (C=N–C) groups is 1. The molecule has 0 saturated carbocycles. The number of hydrogen-bond donors (Lipinski definition) is 1. The highest BCUT2D eigenvalue weighted by Crippen LogP contribution is 2.27. The van der Waals surface area contributed by atoms with Gasteiger partial charge in [0.1, 0.15) is 5.84 Å². The van der Waals surface area contributed by atoms with E-state index in [9.17, 15) is 0 Å². The Bertz CT molecular complexity index is 871. The smallest absolute Gasteiger partial charge is 0.117 e. The maximum atomic E-state index is 4.57. The predicted molar refractivity (Wildman–Crippen MR) is 103 cm³/mol. The molecule has 0 aromatic heterocycles. The number of nitrogens with zero attached hydrogens (tertiary/aromatic N) is 2. The van der Waals surface area contributed by atoms with Crippen LogP contribution in [-0.2, 0) is 0 Å². The zero-order valence-electron chi connectivity index (χ0n) is 13.7. The molecule has 0 unspecified atom stereocenters. The predicted octanol–water partition coefficient (Wildman–Crippen LogP) is 4.89. The molecule has 4 rings (SSSR count). The van der Waals surface area contributed by atoms with Crippen molar-refractivity contribution >= 4 is 33.6 Å². The molecule has 0 amide bonds. The van der Waals surface area contributed by atoms with Gasteiger partial charge in [-0.2, -0.15) is 5.10 Å². The summed E-state index contributed by atoms with van der Waals surface area (Å²) in [6, 6.07) is 19.2. The third-order valence-corrected chi connectivity index (χ3v) is 4.57. The van der Waals surface area contributed by atoms with Gasteiger partial charge in [-0.3, -0.25) is 10.4 Å². The first kappa shape index (κ1) is 14.9. The molecule has 0 spiro atoms. The minimum absolute atomic E-state index is 0.912. The van der Waals surface area contributed by atoms with E-state index >= 15 is 0 Å². The fraction of sp³-hybridized carbons (Fsp3) is 0.238. The van der Waals surface area contributed by atoms with Crippen LogP contribution in [0.2, 0.25) is 0 Å². The molecule has 3 nitrogen and oxygen atoms in total. The topological polar surface area (TPSA) is 36.8 Å². The third kappa shape index (κ3) is 3.02. The summed E-state index contributed by atoms with van der Waals surface area (Å²) in [7, 11) is 0. The Morgan fingerprint density at radius 3 is 2.33 bits per heavy atom. The molecule has 1 N–H and O–H groups in total. The van der Waals surface area contributed by atoms with Crippen molar-refractivity contribution in [1.82, 2.24) is 5.43 Å². The quantitative estimate of drug-likeness (QED) is 0.408. The summed E-state index contributed by atoms with van der Waals surface area (Å²) in [4.78, 5) is 4.57. The lowest BCUT2D eigenvalue weighted by Gasteiger charge is -2.08. The van der Waals surface area contributed by atoms with E-state index in [2.05, 4.69) is 70.1 Å². The molecule has 1 aliphatic heterocycles. The van der Waals surface area contributed by atoms with Crippen LogP contribution in [0.5, 0.6) is 0 Å². The van der Waals surface area contributed by atoms with Crippen LogP contribution >= 0.6 is 0 Å². The molecule has 3 heteroatoms. The van der Waals surface area contributed by atoms with Crippen molar-refractivity contribution in [3.8, 4) is 0 Å². The Kier molecular flexibility index (Phi) is 4.24. The number of nitrogens with one attached hydrogen (secondary N) is 1. The van der Waals surface area contributed by atoms with Crippen molar-refractivity contribution in [2.45, 2.75) is 25.7 Å². The molecule has 120 valence electrons. The zero-order valence-corrected chi connectivity index (χ0v) is 13.7. The maximum Gasteiger partial charge on any atom is 0.117 e. The lowest BCUT2D eigenvalue weighted by atomic mass is 9.97. The maximum absolute atomic E-state index is 4.57. The normalized spacial score (nSPS) is 15.6. The van der Waals surface area contributed by atoms with E-state index in [4.69, 9.17) is 0 Å². The summed E-state index contributed by atoms with van der Waals surface area (Å²) >= 11 is 0. The number of hydrazone groups is 1. The number of hydrogen-bond acceptors (Lipinski definition) is 3. The molecule has 0 saturated heterocycles. The van der Waals surface area contributed by atoms with Crippen molar-refractivity contribution < 1.29 is 0 Å². The summed E-state index contributed by atoms with van der Waals surface area (Å²) < 4.78 is 0. The molecule has 1 heterocycles. The fourth-order valence-corrected chi connectivity index (χ4v) is 3.32. The van der Waals surface area contributed by atoms with Crippen LogP contribution in [0.3, 0.4) is 0 Å². The van der Waals surface area contributed by atoms with Crippen LogP contribution in [0.4, 0.5) is 0 Å². The summed E-state index contributed by atoms with van der Waals surface area (Å²) in [5.74, 6) is 1.01. The Labute approximate surface area is 142 Å². The number of fused-ring (bicyclic) bond motifs is 2. The van der Waals surface area contributed by atoms with Crippen molar-refractivity contribution in [2.75, 3.05) is 6.54 Å². The molecule has 3 aromatic carbocycles. The van der Waals surface area contributed by atoms with Crippen LogP contribution in [0.15, 0.2) is 64.7 Å². The van der Waals surface area contributed by atoms with Crippen LogP contribution in [0, 0.1) is 0 Å². The van der Waals surface area contributed by atoms with E-state index in [-0.39, 0.29) is 0 Å². The van der Waals surface area contributed by atoms with Crippen LogP contribution in [0.1, 0.15) is 31.2 Å². The second-order valence-electron chi connectivity index (χ2n) is 6.24. The van der Waals surface area contributed by atoms with Gasteiger partial charge in [0.05, 0.1) is 6.21 Å². The van der Waals surface area contributed by atoms with Gasteiger partial charge in [0.2, 0.25) is 0 Å². The van der Waals surface area contributed by atoms with Crippen LogP contribution in [-0.4, -0.2) is 18.6 Å². The molecule has 24 heavy (non-hydrogen) atoms. The number of benzene rings is 3. The van der Waals surface area contributed by atoms with E-state index < -0.39 is 0 Å². The SMILES string of the molecule is C(=NNC1=NCCCCC1)c1c2ccccc2cc2ccccc12. The van der Waals surface area contributed by atoms with Gasteiger partial charge >= 0.3 is 0 Å². The van der Waals surface area contributed by atoms with Gasteiger partial charge in [-0.15, -0.1) is 0 Å². The Balaban J connectivity index is 1.73. The molecule has 1 aliphatic rings. The van der Waals surface area contributed by atoms with Gasteiger partial charge in [0, 0.05) is 18.5 Å². The molecule has 0 bridgehead atoms. The molecule has 0 fully saturated rings. The molecular formula is C21H21N3. The lowest BCUT2D eigenvalue weighted by Crippen LogP contribution is -2.17. The van der Waals surface area contributed by atoms with Gasteiger partial charge in [0.25, 0.3) is 0 Å². The van der Waals surface area contributed by atoms with Crippen molar-refractivity contribution in [2.24, 2.45) is 10.1 Å². The van der Waals surface area contributed by atoms with Gasteiger partial charge in [-0.1, -0.05) is 55.0 Å². The summed E-state index contributed by atoms with van der Waals surface area (Å²) in [6.07, 6.45) is 6.57. The Morgan fingerprint density at radius 1 is 0.875 bits per heavy atom. The highest BCUT2D eigenvalue weighted by Gasteiger charge is 2.06. The second kappa shape index (κ2) is 6.83. The summed E-state index contributed by atoms with van der Waals surface area (Å²) in [5, 5.41) is 9.43. The highest BCUT2D eigenvalue weighted by molar-refractivity contribution is 6.13. The van der Waals surface area contributed by atoms with E-state index in [0.29, 0.717) is 0 Å². The van der Waals surface area contributed by atoms with Gasteiger partial charge in [-0.25, -0.2) is 0 Å². The fourth-order valence-electron chi connectivity index (χ4n) is 3.32. The molecule has 3 aromatic rings. The lowest BCUT2D eigenvalue weighted by molar-refractivity contribution is 0.729. The van der Waals surface area contributed by atoms with E-state index in [0.717, 1.165) is 24.4 Å². The van der Waals surface area contributed by atoms with Crippen molar-refractivity contribution in [3.63, 3.8) is 0 Å². The Hall–Kier alpha value is -2.68. The largest absolute Gasteiger partial charge is 0.271 e. The minimum atomic E-state index is 0.912. The average molecular weight is 315 g/mol. The zero-order chi connectivity index (χ0) is 16.2. The minimum Gasteiger partial charge on any atom is -0.271 e. The molecular weight excluding hydrogens is 294 g/mol. The van der Waals surface area contributed by atoms with Gasteiger partial charge in [-0.05, 0) is 40.5 Å². The first-order valence-electron chi connectivity index (χ1n) is 8.65. The summed E-state index contributed by atoms with van der Waals surface area (Å²) in [6.45, 7) is 0.912. The van der Waals surface area contributed by atoms with Crippen LogP contribution in [0.25, 0.3) is 21.5 Å². The third-order valence-electron chi connectivity index (χ3n) is 4.57. The van der Waals surface area contributed by atoms with Gasteiger partial charge in [0.15, 0.2) is 0 Å². The van der Waals surface area contributed by atoms with Crippen molar-refractivity contribution in [1.29, 1.82) is 0 Å². The first-order chi connectivity index (χ1) is 11.9. The first-order valence-corrected chi connectivity index (χ1v) is 8.65. The van der Waals surface area contributed by atoms with Crippen molar-refractivity contribution in [3.05, 3.63) is 60.2 Å². The van der Waals surface area contributed by atoms with E-state index in [1.807, 2.05) is 6.21 Å². The standard InChI is InChI=1S/C21H21N3/c1-2-12-21(22-13-7-1)24-23-15-20-18-10-5-3-8-16(18)14-17-9-4-6-11-19(17)20/h3-6,8-11,14-15H,1-2,7,12-13H2,(H,22,24). The molecule has 0 radical (unpaired) electrons.